The summed E-state index contributed by atoms with van der Waals surface area (Å²) in [5.74, 6) is 1.30. The maximum Gasteiger partial charge on any atom is 0.232 e. The molecule has 0 saturated heterocycles. The van der Waals surface area contributed by atoms with Crippen molar-refractivity contribution in [1.29, 1.82) is 0 Å². The molecule has 0 unspecified atom stereocenters. The molecule has 0 fully saturated rings. The summed E-state index contributed by atoms with van der Waals surface area (Å²) in [6.45, 7) is 5.46. The van der Waals surface area contributed by atoms with Crippen molar-refractivity contribution < 1.29 is 9.53 Å². The van der Waals surface area contributed by atoms with E-state index in [0.717, 1.165) is 45.9 Å². The second kappa shape index (κ2) is 8.91. The van der Waals surface area contributed by atoms with Gasteiger partial charge in [0, 0.05) is 24.5 Å². The van der Waals surface area contributed by atoms with Crippen molar-refractivity contribution in [2.45, 2.75) is 18.9 Å². The van der Waals surface area contributed by atoms with Crippen LogP contribution < -0.4 is 4.74 Å². The van der Waals surface area contributed by atoms with Gasteiger partial charge in [0.05, 0.1) is 23.4 Å². The van der Waals surface area contributed by atoms with Crippen LogP contribution in [-0.2, 0) is 4.79 Å². The lowest BCUT2D eigenvalue weighted by Gasteiger charge is -2.18. The van der Waals surface area contributed by atoms with Gasteiger partial charge in [-0.25, -0.2) is 4.98 Å². The van der Waals surface area contributed by atoms with Gasteiger partial charge in [-0.1, -0.05) is 42.1 Å². The van der Waals surface area contributed by atoms with E-state index in [2.05, 4.69) is 18.2 Å². The SMILES string of the molecule is CCN(CC)C(=O)CSc1cc(-c2ccccc2)c2ccc(OC)cc2n1. The number of carbonyl (C=O) groups excluding carboxylic acids is 1. The lowest BCUT2D eigenvalue weighted by Crippen LogP contribution is -2.31. The second-order valence-corrected chi connectivity index (χ2v) is 7.11. The number of methoxy groups -OCH3 is 1. The van der Waals surface area contributed by atoms with Crippen molar-refractivity contribution in [3.05, 3.63) is 54.6 Å². The van der Waals surface area contributed by atoms with Gasteiger partial charge in [0.15, 0.2) is 0 Å². The molecule has 1 amide bonds. The Balaban J connectivity index is 1.99. The van der Waals surface area contributed by atoms with Gasteiger partial charge in [-0.3, -0.25) is 4.79 Å². The fraction of sp³-hybridized carbons (Fsp3) is 0.273. The molecule has 3 aromatic rings. The lowest BCUT2D eigenvalue weighted by atomic mass is 10.0. The first-order valence-electron chi connectivity index (χ1n) is 9.11. The van der Waals surface area contributed by atoms with E-state index < -0.39 is 0 Å². The number of thioether (sulfide) groups is 1. The number of benzene rings is 2. The zero-order chi connectivity index (χ0) is 19.2. The molecular weight excluding hydrogens is 356 g/mol. The van der Waals surface area contributed by atoms with Crippen molar-refractivity contribution in [2.75, 3.05) is 26.0 Å². The summed E-state index contributed by atoms with van der Waals surface area (Å²) in [5.41, 5.74) is 3.11. The summed E-state index contributed by atoms with van der Waals surface area (Å²) in [7, 11) is 1.65. The summed E-state index contributed by atoms with van der Waals surface area (Å²) < 4.78 is 5.36. The maximum atomic E-state index is 12.4. The van der Waals surface area contributed by atoms with Gasteiger partial charge >= 0.3 is 0 Å². The van der Waals surface area contributed by atoms with Gasteiger partial charge in [-0.15, -0.1) is 0 Å². The van der Waals surface area contributed by atoms with Crippen LogP contribution in [0.2, 0.25) is 0 Å². The van der Waals surface area contributed by atoms with Crippen molar-refractivity contribution in [3.63, 3.8) is 0 Å². The molecule has 4 nitrogen and oxygen atoms in total. The minimum Gasteiger partial charge on any atom is -0.497 e. The third kappa shape index (κ3) is 4.42. The van der Waals surface area contributed by atoms with Crippen LogP contribution in [0.4, 0.5) is 0 Å². The molecule has 0 N–H and O–H groups in total. The second-order valence-electron chi connectivity index (χ2n) is 6.11. The number of rotatable bonds is 7. The van der Waals surface area contributed by atoms with E-state index in [1.807, 2.05) is 55.1 Å². The van der Waals surface area contributed by atoms with E-state index in [9.17, 15) is 4.79 Å². The van der Waals surface area contributed by atoms with Gasteiger partial charge in [-0.05, 0) is 43.2 Å². The van der Waals surface area contributed by atoms with Crippen molar-refractivity contribution >= 4 is 28.6 Å². The molecule has 0 radical (unpaired) electrons. The Hall–Kier alpha value is -2.53. The van der Waals surface area contributed by atoms with Crippen molar-refractivity contribution in [3.8, 4) is 16.9 Å². The van der Waals surface area contributed by atoms with Crippen LogP contribution in [-0.4, -0.2) is 41.7 Å². The van der Waals surface area contributed by atoms with E-state index >= 15 is 0 Å². The van der Waals surface area contributed by atoms with Gasteiger partial charge in [0.2, 0.25) is 5.91 Å². The summed E-state index contributed by atoms with van der Waals surface area (Å²) in [6, 6.07) is 18.3. The summed E-state index contributed by atoms with van der Waals surface area (Å²) in [6.07, 6.45) is 0. The Labute approximate surface area is 164 Å². The molecule has 3 rings (SSSR count). The van der Waals surface area contributed by atoms with Crippen LogP contribution in [0.1, 0.15) is 13.8 Å². The molecule has 2 aromatic carbocycles. The molecule has 0 saturated carbocycles. The first kappa shape index (κ1) is 19.2. The summed E-state index contributed by atoms with van der Waals surface area (Å²) in [5, 5.41) is 1.91. The largest absolute Gasteiger partial charge is 0.497 e. The third-order valence-electron chi connectivity index (χ3n) is 4.54. The van der Waals surface area contributed by atoms with Crippen LogP contribution in [0.3, 0.4) is 0 Å². The average Bonchev–Trinajstić information content (AvgIpc) is 2.72. The Morgan fingerprint density at radius 1 is 1.07 bits per heavy atom. The molecule has 0 aliphatic rings. The number of carbonyl (C=O) groups is 1. The van der Waals surface area contributed by atoms with E-state index in [1.54, 1.807) is 7.11 Å². The zero-order valence-electron chi connectivity index (χ0n) is 15.9. The van der Waals surface area contributed by atoms with E-state index in [1.165, 1.54) is 11.8 Å². The van der Waals surface area contributed by atoms with Gasteiger partial charge < -0.3 is 9.64 Å². The first-order chi connectivity index (χ1) is 13.2. The minimum atomic E-state index is 0.138. The molecule has 0 aliphatic carbocycles. The standard InChI is InChI=1S/C22H24N2O2S/c1-4-24(5-2)22(25)15-27-21-14-19(16-9-7-6-8-10-16)18-12-11-17(26-3)13-20(18)23-21/h6-14H,4-5,15H2,1-3H3. The number of hydrogen-bond acceptors (Lipinski definition) is 4. The predicted molar refractivity (Wildman–Crippen MR) is 112 cm³/mol. The van der Waals surface area contributed by atoms with Crippen LogP contribution in [0.5, 0.6) is 5.75 Å². The molecule has 0 atom stereocenters. The normalized spacial score (nSPS) is 10.8. The van der Waals surface area contributed by atoms with Crippen LogP contribution >= 0.6 is 11.8 Å². The highest BCUT2D eigenvalue weighted by atomic mass is 32.2. The van der Waals surface area contributed by atoms with Gasteiger partial charge in [0.1, 0.15) is 5.75 Å². The highest BCUT2D eigenvalue weighted by Gasteiger charge is 2.13. The molecule has 1 heterocycles. The van der Waals surface area contributed by atoms with Gasteiger partial charge in [0.25, 0.3) is 0 Å². The monoisotopic (exact) mass is 380 g/mol. The number of ether oxygens (including phenoxy) is 1. The molecule has 0 aliphatic heterocycles. The Bertz CT molecular complexity index is 924. The number of nitrogens with zero attached hydrogens (tertiary/aromatic N) is 2. The van der Waals surface area contributed by atoms with E-state index in [4.69, 9.17) is 9.72 Å². The summed E-state index contributed by atoms with van der Waals surface area (Å²) in [4.78, 5) is 19.0. The van der Waals surface area contributed by atoms with Crippen LogP contribution in [0.25, 0.3) is 22.0 Å². The van der Waals surface area contributed by atoms with E-state index in [-0.39, 0.29) is 5.91 Å². The number of pyridine rings is 1. The zero-order valence-corrected chi connectivity index (χ0v) is 16.8. The predicted octanol–water partition coefficient (Wildman–Crippen LogP) is 4.87. The average molecular weight is 381 g/mol. The number of amides is 1. The number of aromatic nitrogens is 1. The van der Waals surface area contributed by atoms with Crippen molar-refractivity contribution in [1.82, 2.24) is 9.88 Å². The molecular formula is C22H24N2O2S. The van der Waals surface area contributed by atoms with Gasteiger partial charge in [-0.2, -0.15) is 0 Å². The fourth-order valence-electron chi connectivity index (χ4n) is 3.04. The summed E-state index contributed by atoms with van der Waals surface area (Å²) >= 11 is 1.48. The fourth-order valence-corrected chi connectivity index (χ4v) is 3.86. The third-order valence-corrected chi connectivity index (χ3v) is 5.43. The Morgan fingerprint density at radius 3 is 2.48 bits per heavy atom. The van der Waals surface area contributed by atoms with Crippen LogP contribution in [0, 0.1) is 0 Å². The molecule has 140 valence electrons. The number of fused-ring (bicyclic) bond motifs is 1. The molecule has 27 heavy (non-hydrogen) atoms. The maximum absolute atomic E-state index is 12.4. The molecule has 0 spiro atoms. The highest BCUT2D eigenvalue weighted by Crippen LogP contribution is 2.33. The first-order valence-corrected chi connectivity index (χ1v) is 10.1. The van der Waals surface area contributed by atoms with E-state index in [0.29, 0.717) is 5.75 Å². The van der Waals surface area contributed by atoms with Crippen LogP contribution in [0.15, 0.2) is 59.6 Å². The lowest BCUT2D eigenvalue weighted by molar-refractivity contribution is -0.127. The molecule has 5 heteroatoms. The molecule has 1 aromatic heterocycles. The highest BCUT2D eigenvalue weighted by molar-refractivity contribution is 7.99. The Kier molecular flexibility index (Phi) is 6.35. The minimum absolute atomic E-state index is 0.138. The number of hydrogen-bond donors (Lipinski definition) is 0. The quantitative estimate of drug-likeness (QED) is 0.548. The topological polar surface area (TPSA) is 42.4 Å². The Morgan fingerprint density at radius 2 is 1.81 bits per heavy atom. The smallest absolute Gasteiger partial charge is 0.232 e. The molecule has 0 bridgehead atoms. The van der Waals surface area contributed by atoms with Crippen molar-refractivity contribution in [2.24, 2.45) is 0 Å².